The molecule has 0 aliphatic rings. The predicted molar refractivity (Wildman–Crippen MR) is 71.9 cm³/mol. The number of nitrogens with one attached hydrogen (secondary N) is 1. The molecule has 16 heavy (non-hydrogen) atoms. The molecule has 1 nitrogen and oxygen atoms in total. The summed E-state index contributed by atoms with van der Waals surface area (Å²) in [5, 5.41) is 3.31. The number of likely N-dealkylation sites (N-methyl/N-ethyl adjacent to an activating group) is 1. The highest BCUT2D eigenvalue weighted by molar-refractivity contribution is 5.24. The van der Waals surface area contributed by atoms with Gasteiger partial charge in [0.15, 0.2) is 0 Å². The van der Waals surface area contributed by atoms with E-state index in [1.54, 1.807) is 0 Å². The topological polar surface area (TPSA) is 12.0 Å². The summed E-state index contributed by atoms with van der Waals surface area (Å²) in [5.74, 6) is 1.46. The van der Waals surface area contributed by atoms with Gasteiger partial charge >= 0.3 is 0 Å². The molecule has 0 saturated heterocycles. The summed E-state index contributed by atoms with van der Waals surface area (Å²) in [6, 6.07) is 8.99. The molecule has 0 spiro atoms. The molecule has 90 valence electrons. The van der Waals surface area contributed by atoms with Gasteiger partial charge in [-0.15, -0.1) is 0 Å². The lowest BCUT2D eigenvalue weighted by molar-refractivity contribution is 0.444. The largest absolute Gasteiger partial charge is 0.319 e. The molecule has 0 fully saturated rings. The molecule has 0 bridgehead atoms. The van der Waals surface area contributed by atoms with Crippen LogP contribution < -0.4 is 5.32 Å². The lowest BCUT2D eigenvalue weighted by atomic mass is 9.88. The van der Waals surface area contributed by atoms with Gasteiger partial charge in [-0.2, -0.15) is 0 Å². The van der Waals surface area contributed by atoms with Crippen LogP contribution >= 0.6 is 0 Å². The SMILES string of the molecule is CCC(C)CC(CNC)c1ccc(C)cc1. The van der Waals surface area contributed by atoms with Gasteiger partial charge in [0, 0.05) is 6.54 Å². The Morgan fingerprint density at radius 3 is 2.31 bits per heavy atom. The van der Waals surface area contributed by atoms with Crippen molar-refractivity contribution in [1.82, 2.24) is 5.32 Å². The summed E-state index contributed by atoms with van der Waals surface area (Å²) in [6.07, 6.45) is 2.55. The van der Waals surface area contributed by atoms with Crippen molar-refractivity contribution in [3.05, 3.63) is 35.4 Å². The normalized spacial score (nSPS) is 14.8. The van der Waals surface area contributed by atoms with E-state index in [0.717, 1.165) is 12.5 Å². The molecule has 2 unspecified atom stereocenters. The number of benzene rings is 1. The van der Waals surface area contributed by atoms with Gasteiger partial charge in [0.05, 0.1) is 0 Å². The Balaban J connectivity index is 2.72. The lowest BCUT2D eigenvalue weighted by Crippen LogP contribution is -2.19. The predicted octanol–water partition coefficient (Wildman–Crippen LogP) is 3.73. The summed E-state index contributed by atoms with van der Waals surface area (Å²) >= 11 is 0. The molecular weight excluding hydrogens is 194 g/mol. The average Bonchev–Trinajstić information content (AvgIpc) is 2.29. The molecule has 0 aliphatic heterocycles. The number of rotatable bonds is 6. The third-order valence-electron chi connectivity index (χ3n) is 3.38. The highest BCUT2D eigenvalue weighted by Crippen LogP contribution is 2.25. The Kier molecular flexibility index (Phi) is 5.54. The van der Waals surface area contributed by atoms with E-state index >= 15 is 0 Å². The van der Waals surface area contributed by atoms with Crippen LogP contribution in [0.3, 0.4) is 0 Å². The van der Waals surface area contributed by atoms with E-state index in [9.17, 15) is 0 Å². The van der Waals surface area contributed by atoms with Crippen LogP contribution in [0, 0.1) is 12.8 Å². The summed E-state index contributed by atoms with van der Waals surface area (Å²) < 4.78 is 0. The van der Waals surface area contributed by atoms with Crippen LogP contribution in [0.4, 0.5) is 0 Å². The van der Waals surface area contributed by atoms with E-state index < -0.39 is 0 Å². The fraction of sp³-hybridized carbons (Fsp3) is 0.600. The third-order valence-corrected chi connectivity index (χ3v) is 3.38. The first-order chi connectivity index (χ1) is 7.67. The summed E-state index contributed by atoms with van der Waals surface area (Å²) in [5.41, 5.74) is 2.82. The Morgan fingerprint density at radius 1 is 1.19 bits per heavy atom. The van der Waals surface area contributed by atoms with Crippen molar-refractivity contribution in [3.63, 3.8) is 0 Å². The minimum atomic E-state index is 0.653. The van der Waals surface area contributed by atoms with Crippen LogP contribution in [-0.2, 0) is 0 Å². The van der Waals surface area contributed by atoms with E-state index in [1.807, 2.05) is 7.05 Å². The summed E-state index contributed by atoms with van der Waals surface area (Å²) in [4.78, 5) is 0. The lowest BCUT2D eigenvalue weighted by Gasteiger charge is -2.20. The van der Waals surface area contributed by atoms with E-state index in [4.69, 9.17) is 0 Å². The average molecular weight is 219 g/mol. The fourth-order valence-corrected chi connectivity index (χ4v) is 2.07. The van der Waals surface area contributed by atoms with Crippen LogP contribution in [0.25, 0.3) is 0 Å². The summed E-state index contributed by atoms with van der Waals surface area (Å²) in [6.45, 7) is 7.84. The van der Waals surface area contributed by atoms with Crippen LogP contribution in [0.2, 0.25) is 0 Å². The second-order valence-corrected chi connectivity index (χ2v) is 4.91. The van der Waals surface area contributed by atoms with Crippen molar-refractivity contribution >= 4 is 0 Å². The molecule has 1 aromatic carbocycles. The number of aryl methyl sites for hydroxylation is 1. The Hall–Kier alpha value is -0.820. The minimum absolute atomic E-state index is 0.653. The van der Waals surface area contributed by atoms with Gasteiger partial charge in [-0.25, -0.2) is 0 Å². The number of hydrogen-bond donors (Lipinski definition) is 1. The van der Waals surface area contributed by atoms with Crippen LogP contribution in [0.15, 0.2) is 24.3 Å². The first-order valence-electron chi connectivity index (χ1n) is 6.38. The van der Waals surface area contributed by atoms with E-state index in [-0.39, 0.29) is 0 Å². The first kappa shape index (κ1) is 13.2. The van der Waals surface area contributed by atoms with E-state index in [0.29, 0.717) is 5.92 Å². The Morgan fingerprint density at radius 2 is 1.81 bits per heavy atom. The fourth-order valence-electron chi connectivity index (χ4n) is 2.07. The maximum absolute atomic E-state index is 3.31. The first-order valence-corrected chi connectivity index (χ1v) is 6.38. The zero-order valence-electron chi connectivity index (χ0n) is 11.1. The van der Waals surface area contributed by atoms with Crippen molar-refractivity contribution < 1.29 is 0 Å². The molecule has 0 aromatic heterocycles. The Labute approximate surface area is 100 Å². The summed E-state index contributed by atoms with van der Waals surface area (Å²) in [7, 11) is 2.04. The van der Waals surface area contributed by atoms with Crippen LogP contribution in [0.1, 0.15) is 43.7 Å². The molecule has 1 aromatic rings. The van der Waals surface area contributed by atoms with Crippen molar-refractivity contribution in [2.75, 3.05) is 13.6 Å². The van der Waals surface area contributed by atoms with Gasteiger partial charge in [-0.05, 0) is 37.8 Å². The molecule has 0 saturated carbocycles. The molecule has 1 rings (SSSR count). The van der Waals surface area contributed by atoms with Gasteiger partial charge in [0.25, 0.3) is 0 Å². The van der Waals surface area contributed by atoms with Crippen LogP contribution in [0.5, 0.6) is 0 Å². The molecule has 0 radical (unpaired) electrons. The van der Waals surface area contributed by atoms with Crippen molar-refractivity contribution in [1.29, 1.82) is 0 Å². The maximum atomic E-state index is 3.31. The zero-order chi connectivity index (χ0) is 12.0. The molecule has 2 atom stereocenters. The van der Waals surface area contributed by atoms with Gasteiger partial charge in [0.1, 0.15) is 0 Å². The Bertz CT molecular complexity index is 289. The monoisotopic (exact) mass is 219 g/mol. The van der Waals surface area contributed by atoms with E-state index in [1.165, 1.54) is 24.0 Å². The van der Waals surface area contributed by atoms with Crippen molar-refractivity contribution in [2.45, 2.75) is 39.5 Å². The van der Waals surface area contributed by atoms with Gasteiger partial charge in [0.2, 0.25) is 0 Å². The smallest absolute Gasteiger partial charge is 0.00172 e. The van der Waals surface area contributed by atoms with Gasteiger partial charge < -0.3 is 5.32 Å². The maximum Gasteiger partial charge on any atom is 0.00172 e. The zero-order valence-corrected chi connectivity index (χ0v) is 11.1. The molecule has 0 amide bonds. The van der Waals surface area contributed by atoms with Crippen LogP contribution in [-0.4, -0.2) is 13.6 Å². The second kappa shape index (κ2) is 6.70. The van der Waals surface area contributed by atoms with Gasteiger partial charge in [-0.3, -0.25) is 0 Å². The van der Waals surface area contributed by atoms with Crippen molar-refractivity contribution in [2.24, 2.45) is 5.92 Å². The quantitative estimate of drug-likeness (QED) is 0.768. The minimum Gasteiger partial charge on any atom is -0.319 e. The molecular formula is C15H25N. The number of hydrogen-bond acceptors (Lipinski definition) is 1. The third kappa shape index (κ3) is 3.97. The molecule has 1 N–H and O–H groups in total. The standard InChI is InChI=1S/C15H25N/c1-5-12(2)10-15(11-16-4)14-8-6-13(3)7-9-14/h6-9,12,15-16H,5,10-11H2,1-4H3. The highest BCUT2D eigenvalue weighted by Gasteiger charge is 2.13. The van der Waals surface area contributed by atoms with E-state index in [2.05, 4.69) is 50.4 Å². The molecule has 0 heterocycles. The van der Waals surface area contributed by atoms with Crippen molar-refractivity contribution in [3.8, 4) is 0 Å². The highest BCUT2D eigenvalue weighted by atomic mass is 14.8. The molecule has 1 heteroatoms. The molecule has 0 aliphatic carbocycles. The van der Waals surface area contributed by atoms with Gasteiger partial charge in [-0.1, -0.05) is 50.1 Å². The second-order valence-electron chi connectivity index (χ2n) is 4.91.